The van der Waals surface area contributed by atoms with Gasteiger partial charge in [0.1, 0.15) is 0 Å². The van der Waals surface area contributed by atoms with Gasteiger partial charge in [-0.05, 0) is 12.8 Å². The first-order valence-corrected chi connectivity index (χ1v) is 6.07. The summed E-state index contributed by atoms with van der Waals surface area (Å²) in [5.74, 6) is 0. The maximum absolute atomic E-state index is 7.14. The van der Waals surface area contributed by atoms with Crippen molar-refractivity contribution in [1.82, 2.24) is 0 Å². The number of nitrogens with two attached hydrogens (primary N) is 1. The average Bonchev–Trinajstić information content (AvgIpc) is 2.50. The fraction of sp³-hybridized carbons (Fsp3) is 0.917. The second kappa shape index (κ2) is 10.7. The van der Waals surface area contributed by atoms with Crippen molar-refractivity contribution in [3.05, 3.63) is 0 Å². The van der Waals surface area contributed by atoms with Crippen molar-refractivity contribution in [3.8, 4) is 0 Å². The second-order valence-electron chi connectivity index (χ2n) is 3.29. The molecule has 0 spiro atoms. The van der Waals surface area contributed by atoms with Crippen molar-refractivity contribution in [2.24, 2.45) is 5.73 Å². The lowest BCUT2D eigenvalue weighted by molar-refractivity contribution is 0.500. The largest absolute Gasteiger partial charge is 0.321 e. The molecule has 1 aliphatic rings. The molecule has 2 heteroatoms. The first kappa shape index (κ1) is 16.1. The van der Waals surface area contributed by atoms with E-state index < -0.39 is 0 Å². The fourth-order valence-electron chi connectivity index (χ4n) is 1.53. The molecule has 0 amide bonds. The summed E-state index contributed by atoms with van der Waals surface area (Å²) < 4.78 is 0. The van der Waals surface area contributed by atoms with Crippen LogP contribution in [0.4, 0.5) is 0 Å². The van der Waals surface area contributed by atoms with E-state index >= 15 is 0 Å². The van der Waals surface area contributed by atoms with E-state index in [-0.39, 0.29) is 5.54 Å². The average molecular weight is 200 g/mol. The molecule has 1 saturated carbocycles. The number of hydrogen-bond donors (Lipinski definition) is 2. The molecule has 0 heterocycles. The second-order valence-corrected chi connectivity index (χ2v) is 3.29. The summed E-state index contributed by atoms with van der Waals surface area (Å²) in [4.78, 5) is 0. The molecular formula is C12H28N2. The van der Waals surface area contributed by atoms with Gasteiger partial charge in [0.05, 0.1) is 5.54 Å². The molecule has 1 aliphatic carbocycles. The zero-order valence-electron chi connectivity index (χ0n) is 10.4. The van der Waals surface area contributed by atoms with Crippen LogP contribution in [-0.2, 0) is 0 Å². The van der Waals surface area contributed by atoms with Gasteiger partial charge < -0.3 is 11.1 Å². The summed E-state index contributed by atoms with van der Waals surface area (Å²) in [5.41, 5.74) is 5.66. The van der Waals surface area contributed by atoms with Crippen LogP contribution in [0.25, 0.3) is 0 Å². The molecule has 2 nitrogen and oxygen atoms in total. The SMILES string of the molecule is CC.CC.N=CC1(N)CCCCCC1. The highest BCUT2D eigenvalue weighted by Crippen LogP contribution is 2.22. The molecule has 0 aliphatic heterocycles. The van der Waals surface area contributed by atoms with Gasteiger partial charge in [-0.25, -0.2) is 0 Å². The summed E-state index contributed by atoms with van der Waals surface area (Å²) in [6.45, 7) is 8.00. The lowest BCUT2D eigenvalue weighted by Gasteiger charge is -2.21. The molecule has 0 bridgehead atoms. The topological polar surface area (TPSA) is 49.9 Å². The zero-order chi connectivity index (χ0) is 11.4. The Morgan fingerprint density at radius 2 is 1.29 bits per heavy atom. The van der Waals surface area contributed by atoms with Crippen molar-refractivity contribution in [1.29, 1.82) is 5.41 Å². The van der Waals surface area contributed by atoms with E-state index in [4.69, 9.17) is 11.1 Å². The third-order valence-corrected chi connectivity index (χ3v) is 2.32. The smallest absolute Gasteiger partial charge is 0.0506 e. The Hall–Kier alpha value is -0.370. The molecule has 0 atom stereocenters. The standard InChI is InChI=1S/C8H16N2.2C2H6/c9-7-8(10)5-3-1-2-4-6-8;2*1-2/h7,9H,1-6,10H2;2*1-2H3. The molecule has 0 aromatic carbocycles. The van der Waals surface area contributed by atoms with Crippen LogP contribution in [0.1, 0.15) is 66.2 Å². The van der Waals surface area contributed by atoms with E-state index in [0.717, 1.165) is 12.8 Å². The van der Waals surface area contributed by atoms with Crippen LogP contribution in [0.2, 0.25) is 0 Å². The predicted octanol–water partition coefficient (Wildman–Crippen LogP) is 3.74. The maximum Gasteiger partial charge on any atom is 0.0506 e. The molecule has 14 heavy (non-hydrogen) atoms. The minimum absolute atomic E-state index is 0.253. The van der Waals surface area contributed by atoms with Crippen molar-refractivity contribution in [3.63, 3.8) is 0 Å². The predicted molar refractivity (Wildman–Crippen MR) is 66.1 cm³/mol. The lowest BCUT2D eigenvalue weighted by Crippen LogP contribution is -2.40. The minimum atomic E-state index is -0.253. The third-order valence-electron chi connectivity index (χ3n) is 2.32. The molecule has 0 saturated heterocycles. The number of rotatable bonds is 1. The van der Waals surface area contributed by atoms with Crippen molar-refractivity contribution < 1.29 is 0 Å². The Bertz CT molecular complexity index is 113. The molecular weight excluding hydrogens is 172 g/mol. The van der Waals surface area contributed by atoms with Gasteiger partial charge in [-0.1, -0.05) is 53.4 Å². The number of nitrogens with one attached hydrogen (secondary N) is 1. The van der Waals surface area contributed by atoms with Gasteiger partial charge >= 0.3 is 0 Å². The van der Waals surface area contributed by atoms with Gasteiger partial charge in [0.15, 0.2) is 0 Å². The minimum Gasteiger partial charge on any atom is -0.321 e. The lowest BCUT2D eigenvalue weighted by atomic mass is 9.93. The molecule has 3 N–H and O–H groups in total. The van der Waals surface area contributed by atoms with E-state index in [2.05, 4.69) is 0 Å². The molecule has 0 aromatic rings. The van der Waals surface area contributed by atoms with Gasteiger partial charge in [0.2, 0.25) is 0 Å². The summed E-state index contributed by atoms with van der Waals surface area (Å²) in [5, 5.41) is 7.14. The summed E-state index contributed by atoms with van der Waals surface area (Å²) in [7, 11) is 0. The highest BCUT2D eigenvalue weighted by molar-refractivity contribution is 5.66. The Balaban J connectivity index is 0. The first-order chi connectivity index (χ1) is 6.77. The Morgan fingerprint density at radius 1 is 0.929 bits per heavy atom. The van der Waals surface area contributed by atoms with Gasteiger partial charge in [0.25, 0.3) is 0 Å². The van der Waals surface area contributed by atoms with E-state index in [1.807, 2.05) is 27.7 Å². The Morgan fingerprint density at radius 3 is 1.57 bits per heavy atom. The number of hydrogen-bond acceptors (Lipinski definition) is 2. The summed E-state index contributed by atoms with van der Waals surface area (Å²) in [6, 6.07) is 0. The van der Waals surface area contributed by atoms with Crippen LogP contribution >= 0.6 is 0 Å². The molecule has 0 unspecified atom stereocenters. The zero-order valence-corrected chi connectivity index (χ0v) is 10.4. The van der Waals surface area contributed by atoms with E-state index in [1.165, 1.54) is 31.9 Å². The van der Waals surface area contributed by atoms with Crippen molar-refractivity contribution >= 4 is 6.21 Å². The highest BCUT2D eigenvalue weighted by atomic mass is 14.7. The first-order valence-electron chi connectivity index (χ1n) is 6.07. The highest BCUT2D eigenvalue weighted by Gasteiger charge is 2.22. The molecule has 0 aromatic heterocycles. The van der Waals surface area contributed by atoms with Gasteiger partial charge in [0, 0.05) is 6.21 Å². The van der Waals surface area contributed by atoms with Gasteiger partial charge in [-0.2, -0.15) is 0 Å². The van der Waals surface area contributed by atoms with Crippen LogP contribution in [0.15, 0.2) is 0 Å². The summed E-state index contributed by atoms with van der Waals surface area (Å²) >= 11 is 0. The van der Waals surface area contributed by atoms with E-state index in [9.17, 15) is 0 Å². The van der Waals surface area contributed by atoms with Crippen LogP contribution < -0.4 is 5.73 Å². The van der Waals surface area contributed by atoms with E-state index in [0.29, 0.717) is 0 Å². The van der Waals surface area contributed by atoms with Crippen LogP contribution in [-0.4, -0.2) is 11.8 Å². The quantitative estimate of drug-likeness (QED) is 0.491. The van der Waals surface area contributed by atoms with Crippen LogP contribution in [0, 0.1) is 5.41 Å². The Labute approximate surface area is 89.8 Å². The van der Waals surface area contributed by atoms with Crippen molar-refractivity contribution in [2.75, 3.05) is 0 Å². The maximum atomic E-state index is 7.14. The Kier molecular flexibility index (Phi) is 12.3. The fourth-order valence-corrected chi connectivity index (χ4v) is 1.53. The molecule has 1 rings (SSSR count). The van der Waals surface area contributed by atoms with E-state index in [1.54, 1.807) is 0 Å². The molecule has 0 radical (unpaired) electrons. The third kappa shape index (κ3) is 7.07. The monoisotopic (exact) mass is 200 g/mol. The van der Waals surface area contributed by atoms with Crippen LogP contribution in [0.5, 0.6) is 0 Å². The van der Waals surface area contributed by atoms with Gasteiger partial charge in [-0.3, -0.25) is 0 Å². The van der Waals surface area contributed by atoms with Crippen LogP contribution in [0.3, 0.4) is 0 Å². The molecule has 86 valence electrons. The summed E-state index contributed by atoms with van der Waals surface area (Å²) in [6.07, 6.45) is 8.45. The normalized spacial score (nSPS) is 18.9. The molecule has 1 fully saturated rings. The van der Waals surface area contributed by atoms with Crippen molar-refractivity contribution in [2.45, 2.75) is 71.8 Å². The van der Waals surface area contributed by atoms with Gasteiger partial charge in [-0.15, -0.1) is 0 Å².